The van der Waals surface area contributed by atoms with Gasteiger partial charge < -0.3 is 10.3 Å². The Morgan fingerprint density at radius 3 is 3.06 bits per heavy atom. The molecular weight excluding hydrogens is 202 g/mol. The fraction of sp³-hybridized carbons (Fsp3) is 0.333. The maximum atomic E-state index is 11.8. The first-order valence-electron chi connectivity index (χ1n) is 5.57. The number of fused-ring (bicyclic) bond motifs is 1. The summed E-state index contributed by atoms with van der Waals surface area (Å²) in [5.41, 5.74) is 0.898. The monoisotopic (exact) mass is 215 g/mol. The number of nitrogens with one attached hydrogen (secondary N) is 2. The maximum Gasteiger partial charge on any atom is 0.228 e. The van der Waals surface area contributed by atoms with Gasteiger partial charge in [0.05, 0.1) is 5.52 Å². The third kappa shape index (κ3) is 1.46. The number of aromatic nitrogens is 2. The predicted octanol–water partition coefficient (Wildman–Crippen LogP) is 2.30. The molecule has 0 atom stereocenters. The van der Waals surface area contributed by atoms with Gasteiger partial charge in [-0.1, -0.05) is 6.42 Å². The summed E-state index contributed by atoms with van der Waals surface area (Å²) in [5.74, 6) is 0.923. The fourth-order valence-corrected chi connectivity index (χ4v) is 1.97. The number of hydrogen-bond donors (Lipinski definition) is 2. The van der Waals surface area contributed by atoms with Crippen LogP contribution in [0.4, 0.5) is 5.82 Å². The van der Waals surface area contributed by atoms with E-state index in [0.717, 1.165) is 30.2 Å². The van der Waals surface area contributed by atoms with E-state index in [1.165, 1.54) is 0 Å². The molecule has 2 aromatic rings. The molecule has 0 unspecified atom stereocenters. The van der Waals surface area contributed by atoms with Crippen LogP contribution < -0.4 is 5.32 Å². The highest BCUT2D eigenvalue weighted by atomic mass is 16.2. The fourth-order valence-electron chi connectivity index (χ4n) is 1.97. The largest absolute Gasteiger partial charge is 0.358 e. The van der Waals surface area contributed by atoms with Crippen LogP contribution in [0.1, 0.15) is 19.3 Å². The highest BCUT2D eigenvalue weighted by molar-refractivity contribution is 5.99. The van der Waals surface area contributed by atoms with Gasteiger partial charge in [0.1, 0.15) is 0 Å². The van der Waals surface area contributed by atoms with Crippen molar-refractivity contribution >= 4 is 22.6 Å². The van der Waals surface area contributed by atoms with Gasteiger partial charge in [-0.3, -0.25) is 4.79 Å². The summed E-state index contributed by atoms with van der Waals surface area (Å²) in [6, 6.07) is 3.89. The minimum Gasteiger partial charge on any atom is -0.358 e. The molecule has 3 rings (SSSR count). The number of carbonyl (C=O) groups is 1. The third-order valence-corrected chi connectivity index (χ3v) is 3.19. The molecule has 4 nitrogen and oxygen atoms in total. The Morgan fingerprint density at radius 2 is 2.31 bits per heavy atom. The average molecular weight is 215 g/mol. The average Bonchev–Trinajstić information content (AvgIpc) is 2.63. The zero-order chi connectivity index (χ0) is 11.0. The molecule has 2 heterocycles. The van der Waals surface area contributed by atoms with Crippen molar-refractivity contribution in [1.82, 2.24) is 9.97 Å². The van der Waals surface area contributed by atoms with Crippen molar-refractivity contribution in [2.75, 3.05) is 5.32 Å². The molecule has 0 aromatic carbocycles. The summed E-state index contributed by atoms with van der Waals surface area (Å²) < 4.78 is 0. The Morgan fingerprint density at radius 1 is 1.44 bits per heavy atom. The minimum absolute atomic E-state index is 0.0980. The second-order valence-corrected chi connectivity index (χ2v) is 4.22. The normalized spacial score (nSPS) is 16.0. The molecule has 1 amide bonds. The number of aromatic amines is 1. The molecule has 2 aromatic heterocycles. The number of anilines is 1. The molecule has 0 aliphatic heterocycles. The van der Waals surface area contributed by atoms with Crippen molar-refractivity contribution in [3.63, 3.8) is 0 Å². The number of nitrogens with zero attached hydrogens (tertiary/aromatic N) is 1. The summed E-state index contributed by atoms with van der Waals surface area (Å²) in [6.45, 7) is 0. The van der Waals surface area contributed by atoms with E-state index in [1.807, 2.05) is 18.3 Å². The summed E-state index contributed by atoms with van der Waals surface area (Å²) >= 11 is 0. The van der Waals surface area contributed by atoms with Crippen molar-refractivity contribution in [2.45, 2.75) is 19.3 Å². The number of rotatable bonds is 2. The van der Waals surface area contributed by atoms with Gasteiger partial charge in [-0.25, -0.2) is 4.98 Å². The Balaban J connectivity index is 1.88. The maximum absolute atomic E-state index is 11.8. The van der Waals surface area contributed by atoms with Gasteiger partial charge >= 0.3 is 0 Å². The van der Waals surface area contributed by atoms with E-state index in [-0.39, 0.29) is 11.8 Å². The van der Waals surface area contributed by atoms with Gasteiger partial charge in [0.15, 0.2) is 5.82 Å². The van der Waals surface area contributed by atoms with Gasteiger partial charge in [0.2, 0.25) is 5.91 Å². The van der Waals surface area contributed by atoms with E-state index in [2.05, 4.69) is 15.3 Å². The first kappa shape index (κ1) is 9.39. The lowest BCUT2D eigenvalue weighted by atomic mass is 9.85. The van der Waals surface area contributed by atoms with Gasteiger partial charge in [0.25, 0.3) is 0 Å². The Hall–Kier alpha value is -1.84. The lowest BCUT2D eigenvalue weighted by molar-refractivity contribution is -0.122. The molecule has 0 saturated heterocycles. The quantitative estimate of drug-likeness (QED) is 0.807. The van der Waals surface area contributed by atoms with Crippen LogP contribution in [0.15, 0.2) is 24.5 Å². The molecular formula is C12H13N3O. The van der Waals surface area contributed by atoms with E-state index in [1.54, 1.807) is 6.20 Å². The molecule has 1 aliphatic rings. The molecule has 0 radical (unpaired) electrons. The van der Waals surface area contributed by atoms with Crippen LogP contribution in [0, 0.1) is 5.92 Å². The first-order chi connectivity index (χ1) is 7.84. The molecule has 82 valence electrons. The topological polar surface area (TPSA) is 57.8 Å². The number of pyridine rings is 1. The van der Waals surface area contributed by atoms with Crippen molar-refractivity contribution in [2.24, 2.45) is 5.92 Å². The number of amides is 1. The number of carbonyl (C=O) groups excluding carboxylic acids is 1. The van der Waals surface area contributed by atoms with E-state index >= 15 is 0 Å². The SMILES string of the molecule is O=C(Nc1nccc2cc[nH]c12)C1CCC1. The van der Waals surface area contributed by atoms with Gasteiger partial charge in [0, 0.05) is 23.7 Å². The summed E-state index contributed by atoms with van der Waals surface area (Å²) in [4.78, 5) is 19.1. The second kappa shape index (κ2) is 3.63. The summed E-state index contributed by atoms with van der Waals surface area (Å²) in [5, 5.41) is 3.96. The Kier molecular flexibility index (Phi) is 2.13. The van der Waals surface area contributed by atoms with Crippen LogP contribution >= 0.6 is 0 Å². The van der Waals surface area contributed by atoms with Crippen LogP contribution in [-0.4, -0.2) is 15.9 Å². The van der Waals surface area contributed by atoms with E-state index in [0.29, 0.717) is 5.82 Å². The molecule has 2 N–H and O–H groups in total. The number of hydrogen-bond acceptors (Lipinski definition) is 2. The van der Waals surface area contributed by atoms with E-state index in [9.17, 15) is 4.79 Å². The number of H-pyrrole nitrogens is 1. The summed E-state index contributed by atoms with van der Waals surface area (Å²) in [6.07, 6.45) is 6.75. The van der Waals surface area contributed by atoms with Gasteiger partial charge in [-0.05, 0) is 25.0 Å². The van der Waals surface area contributed by atoms with E-state index < -0.39 is 0 Å². The van der Waals surface area contributed by atoms with Gasteiger partial charge in [-0.2, -0.15) is 0 Å². The Labute approximate surface area is 93.1 Å². The van der Waals surface area contributed by atoms with Gasteiger partial charge in [-0.15, -0.1) is 0 Å². The predicted molar refractivity (Wildman–Crippen MR) is 62.1 cm³/mol. The third-order valence-electron chi connectivity index (χ3n) is 3.19. The van der Waals surface area contributed by atoms with Crippen LogP contribution in [0.2, 0.25) is 0 Å². The zero-order valence-electron chi connectivity index (χ0n) is 8.86. The molecule has 4 heteroatoms. The lowest BCUT2D eigenvalue weighted by Gasteiger charge is -2.23. The Bertz CT molecular complexity index is 528. The zero-order valence-corrected chi connectivity index (χ0v) is 8.86. The van der Waals surface area contributed by atoms with Crippen molar-refractivity contribution < 1.29 is 4.79 Å². The summed E-state index contributed by atoms with van der Waals surface area (Å²) in [7, 11) is 0. The molecule has 0 bridgehead atoms. The van der Waals surface area contributed by atoms with Crippen LogP contribution in [0.25, 0.3) is 10.9 Å². The van der Waals surface area contributed by atoms with Crippen LogP contribution in [0.5, 0.6) is 0 Å². The molecule has 1 saturated carbocycles. The molecule has 0 spiro atoms. The highest BCUT2D eigenvalue weighted by Gasteiger charge is 2.25. The minimum atomic E-state index is 0.0980. The first-order valence-corrected chi connectivity index (χ1v) is 5.57. The smallest absolute Gasteiger partial charge is 0.228 e. The lowest BCUT2D eigenvalue weighted by Crippen LogP contribution is -2.28. The highest BCUT2D eigenvalue weighted by Crippen LogP contribution is 2.28. The van der Waals surface area contributed by atoms with Crippen LogP contribution in [-0.2, 0) is 4.79 Å². The van der Waals surface area contributed by atoms with E-state index in [4.69, 9.17) is 0 Å². The molecule has 1 aliphatic carbocycles. The molecule has 16 heavy (non-hydrogen) atoms. The van der Waals surface area contributed by atoms with Crippen molar-refractivity contribution in [3.8, 4) is 0 Å². The molecule has 1 fully saturated rings. The standard InChI is InChI=1S/C12H13N3O/c16-12(9-2-1-3-9)15-11-10-8(4-6-13-10)5-7-14-11/h4-7,9,13H,1-3H2,(H,14,15,16). The van der Waals surface area contributed by atoms with Crippen molar-refractivity contribution in [3.05, 3.63) is 24.5 Å². The second-order valence-electron chi connectivity index (χ2n) is 4.22. The van der Waals surface area contributed by atoms with Crippen LogP contribution in [0.3, 0.4) is 0 Å². The van der Waals surface area contributed by atoms with Crippen molar-refractivity contribution in [1.29, 1.82) is 0 Å².